The zero-order valence-electron chi connectivity index (χ0n) is 10.7. The van der Waals surface area contributed by atoms with Crippen LogP contribution in [0.3, 0.4) is 0 Å². The third-order valence-corrected chi connectivity index (χ3v) is 2.89. The third kappa shape index (κ3) is 2.87. The molecule has 0 saturated heterocycles. The Bertz CT molecular complexity index is 500. The summed E-state index contributed by atoms with van der Waals surface area (Å²) < 4.78 is 2.04. The van der Waals surface area contributed by atoms with E-state index in [2.05, 4.69) is 54.6 Å². The minimum atomic E-state index is 0.896. The molecule has 1 aromatic carbocycles. The van der Waals surface area contributed by atoms with Gasteiger partial charge in [-0.15, -0.1) is 0 Å². The minimum absolute atomic E-state index is 0.896. The van der Waals surface area contributed by atoms with Crippen molar-refractivity contribution in [3.8, 4) is 0 Å². The van der Waals surface area contributed by atoms with Crippen molar-refractivity contribution in [2.45, 2.75) is 27.3 Å². The fraction of sp³-hybridized carbons (Fsp3) is 0.357. The van der Waals surface area contributed by atoms with Crippen molar-refractivity contribution >= 4 is 5.69 Å². The predicted octanol–water partition coefficient (Wildman–Crippen LogP) is 2.92. The van der Waals surface area contributed by atoms with Crippen molar-refractivity contribution in [1.82, 2.24) is 9.78 Å². The van der Waals surface area contributed by atoms with Crippen LogP contribution in [-0.2, 0) is 6.54 Å². The monoisotopic (exact) mass is 229 g/mol. The van der Waals surface area contributed by atoms with E-state index in [1.165, 1.54) is 16.9 Å². The molecule has 2 aromatic rings. The lowest BCUT2D eigenvalue weighted by molar-refractivity contribution is 0.615. The summed E-state index contributed by atoms with van der Waals surface area (Å²) in [6.07, 6.45) is 0. The molecule has 1 heterocycles. The number of nitrogens with zero attached hydrogens (tertiary/aromatic N) is 2. The first-order chi connectivity index (χ1) is 8.16. The quantitative estimate of drug-likeness (QED) is 0.873. The Balaban J connectivity index is 1.92. The Labute approximate surface area is 102 Å². The topological polar surface area (TPSA) is 29.9 Å². The fourth-order valence-corrected chi connectivity index (χ4v) is 1.97. The third-order valence-electron chi connectivity index (χ3n) is 2.89. The zero-order chi connectivity index (χ0) is 12.3. The number of hydrogen-bond donors (Lipinski definition) is 1. The van der Waals surface area contributed by atoms with Gasteiger partial charge in [-0.25, -0.2) is 0 Å². The molecule has 17 heavy (non-hydrogen) atoms. The van der Waals surface area contributed by atoms with Crippen LogP contribution in [0, 0.1) is 20.8 Å². The maximum atomic E-state index is 4.44. The van der Waals surface area contributed by atoms with E-state index < -0.39 is 0 Å². The van der Waals surface area contributed by atoms with Gasteiger partial charge in [-0.3, -0.25) is 4.68 Å². The van der Waals surface area contributed by atoms with Crippen molar-refractivity contribution in [2.75, 3.05) is 11.9 Å². The standard InChI is InChI=1S/C14H19N3/c1-11-6-4-5-7-14(11)15-8-9-17-13(3)10-12(2)16-17/h4-7,10,15H,8-9H2,1-3H3. The van der Waals surface area contributed by atoms with Crippen LogP contribution in [0.25, 0.3) is 0 Å². The van der Waals surface area contributed by atoms with Gasteiger partial charge in [-0.05, 0) is 38.5 Å². The minimum Gasteiger partial charge on any atom is -0.383 e. The Morgan fingerprint density at radius 3 is 2.59 bits per heavy atom. The summed E-state index contributed by atoms with van der Waals surface area (Å²) in [7, 11) is 0. The van der Waals surface area contributed by atoms with Crippen LogP contribution in [0.4, 0.5) is 5.69 Å². The molecule has 0 aliphatic heterocycles. The fourth-order valence-electron chi connectivity index (χ4n) is 1.97. The lowest BCUT2D eigenvalue weighted by Crippen LogP contribution is -2.13. The van der Waals surface area contributed by atoms with E-state index in [9.17, 15) is 0 Å². The first kappa shape index (κ1) is 11.7. The second kappa shape index (κ2) is 5.04. The summed E-state index contributed by atoms with van der Waals surface area (Å²) in [5.74, 6) is 0. The van der Waals surface area contributed by atoms with E-state index in [4.69, 9.17) is 0 Å². The molecule has 3 nitrogen and oxygen atoms in total. The molecule has 0 bridgehead atoms. The molecular formula is C14H19N3. The van der Waals surface area contributed by atoms with E-state index in [-0.39, 0.29) is 0 Å². The molecule has 0 spiro atoms. The van der Waals surface area contributed by atoms with Gasteiger partial charge in [0.25, 0.3) is 0 Å². The molecule has 0 amide bonds. The average molecular weight is 229 g/mol. The Morgan fingerprint density at radius 2 is 1.94 bits per heavy atom. The van der Waals surface area contributed by atoms with E-state index in [0.717, 1.165) is 18.8 Å². The molecule has 0 unspecified atom stereocenters. The zero-order valence-corrected chi connectivity index (χ0v) is 10.7. The number of anilines is 1. The largest absolute Gasteiger partial charge is 0.383 e. The normalized spacial score (nSPS) is 10.5. The van der Waals surface area contributed by atoms with Crippen molar-refractivity contribution in [2.24, 2.45) is 0 Å². The Kier molecular flexibility index (Phi) is 3.47. The van der Waals surface area contributed by atoms with Gasteiger partial charge in [-0.1, -0.05) is 18.2 Å². The van der Waals surface area contributed by atoms with E-state index in [1.54, 1.807) is 0 Å². The number of aromatic nitrogens is 2. The Morgan fingerprint density at radius 1 is 1.18 bits per heavy atom. The molecule has 0 saturated carbocycles. The second-order valence-corrected chi connectivity index (χ2v) is 4.39. The summed E-state index contributed by atoms with van der Waals surface area (Å²) in [5, 5.41) is 7.88. The number of nitrogens with one attached hydrogen (secondary N) is 1. The molecule has 0 fully saturated rings. The van der Waals surface area contributed by atoms with Gasteiger partial charge in [0.05, 0.1) is 12.2 Å². The predicted molar refractivity (Wildman–Crippen MR) is 71.4 cm³/mol. The number of para-hydroxylation sites is 1. The first-order valence-corrected chi connectivity index (χ1v) is 5.97. The molecule has 0 aliphatic carbocycles. The van der Waals surface area contributed by atoms with Gasteiger partial charge in [0.2, 0.25) is 0 Å². The van der Waals surface area contributed by atoms with Gasteiger partial charge < -0.3 is 5.32 Å². The lowest BCUT2D eigenvalue weighted by Gasteiger charge is -2.10. The van der Waals surface area contributed by atoms with Crippen LogP contribution in [0.15, 0.2) is 30.3 Å². The smallest absolute Gasteiger partial charge is 0.0596 e. The highest BCUT2D eigenvalue weighted by atomic mass is 15.3. The highest BCUT2D eigenvalue weighted by Crippen LogP contribution is 2.12. The van der Waals surface area contributed by atoms with Crippen molar-refractivity contribution in [3.63, 3.8) is 0 Å². The summed E-state index contributed by atoms with van der Waals surface area (Å²) in [6.45, 7) is 8.03. The van der Waals surface area contributed by atoms with Crippen molar-refractivity contribution in [1.29, 1.82) is 0 Å². The van der Waals surface area contributed by atoms with Crippen LogP contribution >= 0.6 is 0 Å². The SMILES string of the molecule is Cc1cc(C)n(CCNc2ccccc2C)n1. The van der Waals surface area contributed by atoms with Gasteiger partial charge in [-0.2, -0.15) is 5.10 Å². The number of benzene rings is 1. The average Bonchev–Trinajstić information content (AvgIpc) is 2.60. The van der Waals surface area contributed by atoms with Crippen LogP contribution in [0.2, 0.25) is 0 Å². The van der Waals surface area contributed by atoms with Gasteiger partial charge in [0, 0.05) is 17.9 Å². The van der Waals surface area contributed by atoms with Crippen LogP contribution in [0.1, 0.15) is 17.0 Å². The van der Waals surface area contributed by atoms with E-state index in [0.29, 0.717) is 0 Å². The van der Waals surface area contributed by atoms with Crippen molar-refractivity contribution in [3.05, 3.63) is 47.3 Å². The molecular weight excluding hydrogens is 210 g/mol. The molecule has 0 atom stereocenters. The highest BCUT2D eigenvalue weighted by molar-refractivity contribution is 5.50. The van der Waals surface area contributed by atoms with Gasteiger partial charge in [0.15, 0.2) is 0 Å². The van der Waals surface area contributed by atoms with Crippen LogP contribution in [-0.4, -0.2) is 16.3 Å². The molecule has 0 radical (unpaired) electrons. The van der Waals surface area contributed by atoms with Crippen LogP contribution in [0.5, 0.6) is 0 Å². The first-order valence-electron chi connectivity index (χ1n) is 5.97. The van der Waals surface area contributed by atoms with Gasteiger partial charge in [0.1, 0.15) is 0 Å². The lowest BCUT2D eigenvalue weighted by atomic mass is 10.2. The summed E-state index contributed by atoms with van der Waals surface area (Å²) >= 11 is 0. The van der Waals surface area contributed by atoms with E-state index >= 15 is 0 Å². The van der Waals surface area contributed by atoms with Crippen LogP contribution < -0.4 is 5.32 Å². The molecule has 90 valence electrons. The maximum absolute atomic E-state index is 4.44. The highest BCUT2D eigenvalue weighted by Gasteiger charge is 2.00. The second-order valence-electron chi connectivity index (χ2n) is 4.39. The molecule has 1 aromatic heterocycles. The maximum Gasteiger partial charge on any atom is 0.0596 e. The summed E-state index contributed by atoms with van der Waals surface area (Å²) in [5.41, 5.74) is 4.78. The Hall–Kier alpha value is -1.77. The number of aryl methyl sites for hydroxylation is 3. The molecule has 2 rings (SSSR count). The molecule has 1 N–H and O–H groups in total. The summed E-state index contributed by atoms with van der Waals surface area (Å²) in [4.78, 5) is 0. The summed E-state index contributed by atoms with van der Waals surface area (Å²) in [6, 6.07) is 10.4. The van der Waals surface area contributed by atoms with Crippen molar-refractivity contribution < 1.29 is 0 Å². The molecule has 3 heteroatoms. The number of hydrogen-bond acceptors (Lipinski definition) is 2. The molecule has 0 aliphatic rings. The van der Waals surface area contributed by atoms with E-state index in [1.807, 2.05) is 11.6 Å². The van der Waals surface area contributed by atoms with Gasteiger partial charge >= 0.3 is 0 Å². The number of rotatable bonds is 4.